The highest BCUT2D eigenvalue weighted by Crippen LogP contribution is 2.32. The third-order valence-electron chi connectivity index (χ3n) is 7.22. The highest BCUT2D eigenvalue weighted by Gasteiger charge is 2.34. The van der Waals surface area contributed by atoms with Gasteiger partial charge < -0.3 is 35.3 Å². The molecule has 0 aliphatic carbocycles. The van der Waals surface area contributed by atoms with Gasteiger partial charge in [-0.2, -0.15) is 0 Å². The predicted octanol–water partition coefficient (Wildman–Crippen LogP) is 5.79. The van der Waals surface area contributed by atoms with Gasteiger partial charge in [0.15, 0.2) is 0 Å². The van der Waals surface area contributed by atoms with E-state index in [9.17, 15) is 18.4 Å². The number of piperidine rings is 1. The summed E-state index contributed by atoms with van der Waals surface area (Å²) in [5.74, 6) is 2.52. The number of nitrogens with two attached hydrogens (primary N) is 1. The molecule has 4 N–H and O–H groups in total. The first-order valence-electron chi connectivity index (χ1n) is 14.4. The number of methoxy groups -OCH3 is 1. The minimum atomic E-state index is -3.21. The fraction of sp³-hybridized carbons (Fsp3) is 0.394. The zero-order valence-electron chi connectivity index (χ0n) is 25.8. The molecule has 0 saturated carbocycles. The number of hydrogen-bond acceptors (Lipinski definition) is 6. The van der Waals surface area contributed by atoms with E-state index in [4.69, 9.17) is 15.2 Å². The van der Waals surface area contributed by atoms with Gasteiger partial charge in [-0.05, 0) is 75.6 Å². The Hall–Kier alpha value is -4.79. The zero-order chi connectivity index (χ0) is 32.9. The van der Waals surface area contributed by atoms with Crippen LogP contribution in [0.1, 0.15) is 43.2 Å². The van der Waals surface area contributed by atoms with Gasteiger partial charge in [-0.15, -0.1) is 0 Å². The third kappa shape index (κ3) is 8.23. The number of amides is 2. The number of carbonyl (C=O) groups is 2. The monoisotopic (exact) mass is 625 g/mol. The topological polar surface area (TPSA) is 111 Å². The van der Waals surface area contributed by atoms with Gasteiger partial charge in [0.25, 0.3) is 5.92 Å². The molecule has 1 aliphatic rings. The molecule has 2 unspecified atom stereocenters. The van der Waals surface area contributed by atoms with Gasteiger partial charge in [-0.3, -0.25) is 4.79 Å². The van der Waals surface area contributed by atoms with E-state index in [2.05, 4.69) is 29.1 Å². The quantitative estimate of drug-likeness (QED) is 0.205. The van der Waals surface area contributed by atoms with Crippen molar-refractivity contribution < 1.29 is 32.2 Å². The van der Waals surface area contributed by atoms with Crippen LogP contribution in [0.5, 0.6) is 5.75 Å². The number of benzene rings is 2. The van der Waals surface area contributed by atoms with E-state index in [1.807, 2.05) is 0 Å². The second-order valence-corrected chi connectivity index (χ2v) is 11.7. The number of anilines is 2. The fourth-order valence-electron chi connectivity index (χ4n) is 4.98. The van der Waals surface area contributed by atoms with E-state index >= 15 is 4.39 Å². The lowest BCUT2D eigenvalue weighted by Crippen LogP contribution is -2.51. The molecule has 9 nitrogen and oxygen atoms in total. The lowest BCUT2D eigenvalue weighted by atomic mass is 10.0. The molecule has 240 valence electrons. The van der Waals surface area contributed by atoms with Crippen LogP contribution in [-0.4, -0.2) is 71.9 Å². The molecule has 2 heterocycles. The van der Waals surface area contributed by atoms with E-state index < -0.39 is 42.3 Å². The molecule has 2 atom stereocenters. The van der Waals surface area contributed by atoms with Crippen LogP contribution in [0.4, 0.5) is 29.3 Å². The van der Waals surface area contributed by atoms with Crippen molar-refractivity contribution in [3.63, 3.8) is 0 Å². The van der Waals surface area contributed by atoms with Crippen molar-refractivity contribution in [3.8, 4) is 17.6 Å². The summed E-state index contributed by atoms with van der Waals surface area (Å²) in [5.41, 5.74) is 6.88. The molecule has 0 spiro atoms. The summed E-state index contributed by atoms with van der Waals surface area (Å²) in [6, 6.07) is 10.9. The number of rotatable bonds is 9. The predicted molar refractivity (Wildman–Crippen MR) is 169 cm³/mol. The van der Waals surface area contributed by atoms with Crippen LogP contribution >= 0.6 is 0 Å². The van der Waals surface area contributed by atoms with Crippen molar-refractivity contribution >= 4 is 34.3 Å². The molecule has 2 amide bonds. The summed E-state index contributed by atoms with van der Waals surface area (Å²) < 4.78 is 56.6. The molecule has 45 heavy (non-hydrogen) atoms. The van der Waals surface area contributed by atoms with Crippen LogP contribution in [0.15, 0.2) is 55.1 Å². The number of ether oxygens (including phenoxy) is 2. The number of aromatic nitrogens is 1. The normalized spacial score (nSPS) is 16.8. The van der Waals surface area contributed by atoms with E-state index in [0.717, 1.165) is 0 Å². The number of nitrogens with one attached hydrogen (secondary N) is 2. The maximum Gasteiger partial charge on any atom is 0.410 e. The SMILES string of the molecule is C=CC(F)(F)Cn1c(C#CCNc2ccc(C(N)=O)cc2OC)cc2c(NC3CCN(C(=O)OC(C)(C)C)CC3F)cccc21. The Morgan fingerprint density at radius 1 is 1.18 bits per heavy atom. The Morgan fingerprint density at radius 3 is 2.58 bits per heavy atom. The smallest absolute Gasteiger partial charge is 0.410 e. The largest absolute Gasteiger partial charge is 0.495 e. The summed E-state index contributed by atoms with van der Waals surface area (Å²) in [5, 5.41) is 6.92. The van der Waals surface area contributed by atoms with Gasteiger partial charge in [-0.25, -0.2) is 18.0 Å². The van der Waals surface area contributed by atoms with Gasteiger partial charge in [0.05, 0.1) is 49.7 Å². The van der Waals surface area contributed by atoms with Crippen molar-refractivity contribution in [1.29, 1.82) is 0 Å². The summed E-state index contributed by atoms with van der Waals surface area (Å²) in [6.45, 7) is 8.13. The molecule has 1 saturated heterocycles. The number of hydrogen-bond donors (Lipinski definition) is 3. The molecule has 0 bridgehead atoms. The molecule has 2 aromatic carbocycles. The molecule has 12 heteroatoms. The van der Waals surface area contributed by atoms with Crippen molar-refractivity contribution in [2.45, 2.75) is 57.5 Å². The molecular formula is C33H38F3N5O4. The third-order valence-corrected chi connectivity index (χ3v) is 7.22. The lowest BCUT2D eigenvalue weighted by molar-refractivity contribution is 0.0125. The molecular weight excluding hydrogens is 587 g/mol. The summed E-state index contributed by atoms with van der Waals surface area (Å²) in [4.78, 5) is 25.3. The number of carbonyl (C=O) groups excluding carboxylic acids is 2. The standard InChI is InChI=1S/C33H38F3N5O4/c1-6-33(35,36)20-41-22(9-8-15-38-27-13-12-21(30(37)42)17-29(27)44-5)18-23-25(10-7-11-28(23)41)39-26-14-16-40(19-24(26)34)31(43)45-32(2,3)4/h6-7,10-13,17-18,24,26,38-39H,1,14-16,19-20H2,2-5H3,(H2,37,42). The number of fused-ring (bicyclic) bond motifs is 1. The van der Waals surface area contributed by atoms with Gasteiger partial charge in [-0.1, -0.05) is 18.6 Å². The number of alkyl halides is 3. The van der Waals surface area contributed by atoms with Crippen LogP contribution in [0.2, 0.25) is 0 Å². The average molecular weight is 626 g/mol. The van der Waals surface area contributed by atoms with Crippen LogP contribution < -0.4 is 21.1 Å². The average Bonchev–Trinajstić information content (AvgIpc) is 3.32. The van der Waals surface area contributed by atoms with Gasteiger partial charge in [0.1, 0.15) is 17.5 Å². The van der Waals surface area contributed by atoms with Crippen molar-refractivity contribution in [3.05, 3.63) is 66.4 Å². The summed E-state index contributed by atoms with van der Waals surface area (Å²) in [7, 11) is 1.45. The molecule has 3 aromatic rings. The Labute approximate surface area is 260 Å². The minimum absolute atomic E-state index is 0.130. The first-order valence-corrected chi connectivity index (χ1v) is 14.4. The highest BCUT2D eigenvalue weighted by atomic mass is 19.3. The lowest BCUT2D eigenvalue weighted by Gasteiger charge is -2.36. The van der Waals surface area contributed by atoms with Gasteiger partial charge in [0.2, 0.25) is 5.91 Å². The van der Waals surface area contributed by atoms with E-state index in [1.165, 1.54) is 22.6 Å². The second kappa shape index (κ2) is 13.5. The Bertz CT molecular complexity index is 1640. The maximum atomic E-state index is 15.3. The summed E-state index contributed by atoms with van der Waals surface area (Å²) >= 11 is 0. The first kappa shape index (κ1) is 33.1. The van der Waals surface area contributed by atoms with Crippen LogP contribution in [0, 0.1) is 11.8 Å². The Balaban J connectivity index is 1.57. The highest BCUT2D eigenvalue weighted by molar-refractivity contribution is 5.95. The number of likely N-dealkylation sites (tertiary alicyclic amines) is 1. The minimum Gasteiger partial charge on any atom is -0.495 e. The second-order valence-electron chi connectivity index (χ2n) is 11.7. The van der Waals surface area contributed by atoms with E-state index in [0.29, 0.717) is 52.8 Å². The molecule has 4 rings (SSSR count). The Kier molecular flexibility index (Phi) is 9.91. The number of primary amides is 1. The molecule has 0 radical (unpaired) electrons. The Morgan fingerprint density at radius 2 is 1.93 bits per heavy atom. The summed E-state index contributed by atoms with van der Waals surface area (Å²) in [6.07, 6.45) is -1.03. The maximum absolute atomic E-state index is 15.3. The van der Waals surface area contributed by atoms with Crippen molar-refractivity contribution in [2.24, 2.45) is 5.73 Å². The number of halogens is 3. The van der Waals surface area contributed by atoms with Crippen molar-refractivity contribution in [1.82, 2.24) is 9.47 Å². The van der Waals surface area contributed by atoms with E-state index in [1.54, 1.807) is 57.2 Å². The number of nitrogens with zero attached hydrogens (tertiary/aromatic N) is 2. The fourth-order valence-corrected chi connectivity index (χ4v) is 4.98. The number of allylic oxidation sites excluding steroid dienone is 1. The molecule has 1 aliphatic heterocycles. The molecule has 1 fully saturated rings. The van der Waals surface area contributed by atoms with Gasteiger partial charge >= 0.3 is 6.09 Å². The first-order chi connectivity index (χ1) is 21.2. The van der Waals surface area contributed by atoms with Crippen LogP contribution in [0.25, 0.3) is 10.9 Å². The zero-order valence-corrected chi connectivity index (χ0v) is 25.8. The van der Waals surface area contributed by atoms with Crippen molar-refractivity contribution in [2.75, 3.05) is 37.4 Å². The van der Waals surface area contributed by atoms with Crippen LogP contribution in [-0.2, 0) is 11.3 Å². The van der Waals surface area contributed by atoms with E-state index in [-0.39, 0.29) is 18.7 Å². The van der Waals surface area contributed by atoms with Gasteiger partial charge in [0, 0.05) is 23.2 Å². The molecule has 1 aromatic heterocycles. The van der Waals surface area contributed by atoms with Crippen LogP contribution in [0.3, 0.4) is 0 Å².